The molecule has 1 aliphatic carbocycles. The van der Waals surface area contributed by atoms with Crippen molar-refractivity contribution in [3.8, 4) is 0 Å². The van der Waals surface area contributed by atoms with E-state index < -0.39 is 12.1 Å². The highest BCUT2D eigenvalue weighted by molar-refractivity contribution is 5.99. The number of nitrogens with zero attached hydrogens (tertiary/aromatic N) is 1. The first-order chi connectivity index (χ1) is 13.6. The van der Waals surface area contributed by atoms with Gasteiger partial charge in [0.1, 0.15) is 18.7 Å². The number of likely N-dealkylation sites (tertiary alicyclic amines) is 1. The molecule has 0 bridgehead atoms. The average Bonchev–Trinajstić information content (AvgIpc) is 3.31. The first-order valence-electron chi connectivity index (χ1n) is 10.4. The minimum Gasteiger partial charge on any atom is -0.368 e. The third kappa shape index (κ3) is 3.97. The molecule has 6 heteroatoms. The van der Waals surface area contributed by atoms with Crippen molar-refractivity contribution < 1.29 is 19.1 Å². The fourth-order valence-electron chi connectivity index (χ4n) is 4.85. The molecule has 2 amide bonds. The number of Topliss-reactive ketones (excluding diaryl/α,β-unsaturated/α-hetero) is 1. The molecule has 28 heavy (non-hydrogen) atoms. The Morgan fingerprint density at radius 3 is 2.61 bits per heavy atom. The standard InChI is InChI=1S/C22H28N2O4/c25-18-14-28-19-11-12-24(20(18)19)22(27)17(13-15-7-3-1-4-8-15)23-21(26)16-9-5-2-6-10-16/h2,5-6,9-10,15,17,19-20H,1,3-4,7-8,11-14H2,(H,23,26). The fourth-order valence-corrected chi connectivity index (χ4v) is 4.85. The van der Waals surface area contributed by atoms with Crippen molar-refractivity contribution in [1.82, 2.24) is 10.2 Å². The number of carbonyl (C=O) groups is 3. The summed E-state index contributed by atoms with van der Waals surface area (Å²) in [5.74, 6) is 0.0371. The highest BCUT2D eigenvalue weighted by Crippen LogP contribution is 2.31. The molecule has 6 nitrogen and oxygen atoms in total. The Morgan fingerprint density at radius 2 is 1.86 bits per heavy atom. The third-order valence-corrected chi connectivity index (χ3v) is 6.33. The van der Waals surface area contributed by atoms with Crippen LogP contribution in [0.2, 0.25) is 0 Å². The monoisotopic (exact) mass is 384 g/mol. The zero-order valence-electron chi connectivity index (χ0n) is 16.1. The second kappa shape index (κ2) is 8.43. The Morgan fingerprint density at radius 1 is 1.11 bits per heavy atom. The largest absolute Gasteiger partial charge is 0.368 e. The van der Waals surface area contributed by atoms with Crippen LogP contribution in [0, 0.1) is 5.92 Å². The molecule has 1 aromatic rings. The Hall–Kier alpha value is -2.21. The lowest BCUT2D eigenvalue weighted by molar-refractivity contribution is -0.138. The van der Waals surface area contributed by atoms with Crippen LogP contribution in [0.15, 0.2) is 30.3 Å². The van der Waals surface area contributed by atoms with Crippen molar-refractivity contribution in [3.05, 3.63) is 35.9 Å². The quantitative estimate of drug-likeness (QED) is 0.845. The zero-order chi connectivity index (χ0) is 19.5. The number of ether oxygens (including phenoxy) is 1. The summed E-state index contributed by atoms with van der Waals surface area (Å²) in [4.78, 5) is 40.0. The Kier molecular flexibility index (Phi) is 5.76. The van der Waals surface area contributed by atoms with Gasteiger partial charge in [-0.15, -0.1) is 0 Å². The minimum absolute atomic E-state index is 0.0262. The first-order valence-corrected chi connectivity index (χ1v) is 10.4. The number of fused-ring (bicyclic) bond motifs is 1. The zero-order valence-corrected chi connectivity index (χ0v) is 16.1. The summed E-state index contributed by atoms with van der Waals surface area (Å²) < 4.78 is 5.52. The molecule has 150 valence electrons. The molecule has 4 rings (SSSR count). The van der Waals surface area contributed by atoms with Crippen LogP contribution in [0.25, 0.3) is 0 Å². The van der Waals surface area contributed by atoms with Crippen LogP contribution in [0.4, 0.5) is 0 Å². The van der Waals surface area contributed by atoms with Crippen LogP contribution in [0.1, 0.15) is 55.3 Å². The summed E-state index contributed by atoms with van der Waals surface area (Å²) in [7, 11) is 0. The highest BCUT2D eigenvalue weighted by atomic mass is 16.5. The van der Waals surface area contributed by atoms with Crippen LogP contribution >= 0.6 is 0 Å². The summed E-state index contributed by atoms with van der Waals surface area (Å²) in [6.07, 6.45) is 6.94. The lowest BCUT2D eigenvalue weighted by Gasteiger charge is -2.31. The van der Waals surface area contributed by atoms with Gasteiger partial charge >= 0.3 is 0 Å². The van der Waals surface area contributed by atoms with E-state index in [1.54, 1.807) is 17.0 Å². The Labute approximate surface area is 165 Å². The maximum absolute atomic E-state index is 13.4. The summed E-state index contributed by atoms with van der Waals surface area (Å²) in [5.41, 5.74) is 0.545. The van der Waals surface area contributed by atoms with E-state index in [0.717, 1.165) is 12.8 Å². The molecule has 0 radical (unpaired) electrons. The molecule has 1 N–H and O–H groups in total. The topological polar surface area (TPSA) is 75.7 Å². The maximum atomic E-state index is 13.4. The lowest BCUT2D eigenvalue weighted by Crippen LogP contribution is -2.52. The number of amides is 2. The van der Waals surface area contributed by atoms with E-state index in [9.17, 15) is 14.4 Å². The lowest BCUT2D eigenvalue weighted by atomic mass is 9.84. The van der Waals surface area contributed by atoms with Gasteiger partial charge < -0.3 is 15.0 Å². The minimum atomic E-state index is -0.594. The highest BCUT2D eigenvalue weighted by Gasteiger charge is 2.48. The van der Waals surface area contributed by atoms with Crippen LogP contribution in [0.3, 0.4) is 0 Å². The number of hydrogen-bond acceptors (Lipinski definition) is 4. The van der Waals surface area contributed by atoms with E-state index >= 15 is 0 Å². The molecule has 0 aromatic heterocycles. The van der Waals surface area contributed by atoms with E-state index in [0.29, 0.717) is 30.9 Å². The van der Waals surface area contributed by atoms with Crippen LogP contribution in [-0.4, -0.2) is 53.8 Å². The Balaban J connectivity index is 1.50. The fraction of sp³-hybridized carbons (Fsp3) is 0.591. The molecule has 2 aliphatic heterocycles. The predicted octanol–water partition coefficient (Wildman–Crippen LogP) is 2.32. The van der Waals surface area contributed by atoms with E-state index in [2.05, 4.69) is 5.32 Å². The molecule has 2 heterocycles. The number of benzene rings is 1. The molecule has 0 spiro atoms. The van der Waals surface area contributed by atoms with Gasteiger partial charge in [0.25, 0.3) is 5.91 Å². The molecule has 3 atom stereocenters. The second-order valence-corrected chi connectivity index (χ2v) is 8.21. The van der Waals surface area contributed by atoms with Crippen LogP contribution < -0.4 is 5.32 Å². The van der Waals surface area contributed by atoms with Gasteiger partial charge in [-0.2, -0.15) is 0 Å². The molecule has 3 aliphatic rings. The second-order valence-electron chi connectivity index (χ2n) is 8.21. The smallest absolute Gasteiger partial charge is 0.251 e. The van der Waals surface area contributed by atoms with Crippen molar-refractivity contribution in [2.24, 2.45) is 5.92 Å². The first kappa shape index (κ1) is 19.1. The average molecular weight is 384 g/mol. The van der Waals surface area contributed by atoms with Crippen molar-refractivity contribution in [2.75, 3.05) is 13.2 Å². The molecule has 1 aromatic carbocycles. The number of hydrogen-bond donors (Lipinski definition) is 1. The van der Waals surface area contributed by atoms with E-state index in [4.69, 9.17) is 4.74 Å². The number of ketones is 1. The molecular formula is C22H28N2O4. The van der Waals surface area contributed by atoms with E-state index in [1.165, 1.54) is 19.3 Å². The molecule has 3 fully saturated rings. The van der Waals surface area contributed by atoms with Crippen molar-refractivity contribution >= 4 is 17.6 Å². The van der Waals surface area contributed by atoms with Gasteiger partial charge in [0, 0.05) is 12.1 Å². The summed E-state index contributed by atoms with van der Waals surface area (Å²) in [6.45, 7) is 0.602. The number of nitrogens with one attached hydrogen (secondary N) is 1. The van der Waals surface area contributed by atoms with Crippen molar-refractivity contribution in [3.63, 3.8) is 0 Å². The van der Waals surface area contributed by atoms with E-state index in [1.807, 2.05) is 18.2 Å². The van der Waals surface area contributed by atoms with Gasteiger partial charge in [-0.05, 0) is 30.9 Å². The molecule has 1 saturated carbocycles. The maximum Gasteiger partial charge on any atom is 0.251 e. The molecule has 2 saturated heterocycles. The Bertz CT molecular complexity index is 729. The predicted molar refractivity (Wildman–Crippen MR) is 104 cm³/mol. The van der Waals surface area contributed by atoms with Gasteiger partial charge in [-0.25, -0.2) is 0 Å². The normalized spacial score (nSPS) is 26.1. The summed E-state index contributed by atoms with van der Waals surface area (Å²) in [6, 6.07) is 7.91. The van der Waals surface area contributed by atoms with Gasteiger partial charge in [0.15, 0.2) is 5.78 Å². The molecule has 3 unspecified atom stereocenters. The molecular weight excluding hydrogens is 356 g/mol. The van der Waals surface area contributed by atoms with E-state index in [-0.39, 0.29) is 30.3 Å². The number of carbonyl (C=O) groups excluding carboxylic acids is 3. The number of rotatable bonds is 5. The van der Waals surface area contributed by atoms with Gasteiger partial charge in [-0.1, -0.05) is 50.3 Å². The summed E-state index contributed by atoms with van der Waals surface area (Å²) in [5, 5.41) is 2.97. The van der Waals surface area contributed by atoms with Gasteiger partial charge in [-0.3, -0.25) is 14.4 Å². The summed E-state index contributed by atoms with van der Waals surface area (Å²) >= 11 is 0. The van der Waals surface area contributed by atoms with Gasteiger partial charge in [0.2, 0.25) is 5.91 Å². The van der Waals surface area contributed by atoms with Crippen molar-refractivity contribution in [1.29, 1.82) is 0 Å². The van der Waals surface area contributed by atoms with Crippen LogP contribution in [-0.2, 0) is 14.3 Å². The van der Waals surface area contributed by atoms with Crippen molar-refractivity contribution in [2.45, 2.75) is 63.1 Å². The SMILES string of the molecule is O=C(NC(CC1CCCCC1)C(=O)N1CCC2OCC(=O)C21)c1ccccc1. The van der Waals surface area contributed by atoms with Gasteiger partial charge in [0.05, 0.1) is 6.10 Å². The van der Waals surface area contributed by atoms with Crippen LogP contribution in [0.5, 0.6) is 0 Å². The third-order valence-electron chi connectivity index (χ3n) is 6.33.